The Morgan fingerprint density at radius 1 is 1.50 bits per heavy atom. The van der Waals surface area contributed by atoms with Gasteiger partial charge in [0.15, 0.2) is 0 Å². The van der Waals surface area contributed by atoms with E-state index in [4.69, 9.17) is 9.84 Å². The highest BCUT2D eigenvalue weighted by Crippen LogP contribution is 2.31. The lowest BCUT2D eigenvalue weighted by Gasteiger charge is -2.48. The lowest BCUT2D eigenvalue weighted by molar-refractivity contribution is -0.147. The summed E-state index contributed by atoms with van der Waals surface area (Å²) in [7, 11) is 0. The first-order valence-electron chi connectivity index (χ1n) is 7.20. The van der Waals surface area contributed by atoms with Crippen LogP contribution < -0.4 is 0 Å². The molecule has 2 fully saturated rings. The molecule has 0 bridgehead atoms. The van der Waals surface area contributed by atoms with Crippen molar-refractivity contribution >= 4 is 5.97 Å². The van der Waals surface area contributed by atoms with Crippen molar-refractivity contribution in [2.45, 2.75) is 51.7 Å². The number of aliphatic carboxylic acids is 1. The SMILES string of the molecule is CCCC1CC(N2CC(C(C)C(=O)O)C2)CCO1. The van der Waals surface area contributed by atoms with Crippen LogP contribution in [0.2, 0.25) is 0 Å². The molecule has 18 heavy (non-hydrogen) atoms. The molecule has 3 unspecified atom stereocenters. The quantitative estimate of drug-likeness (QED) is 0.816. The summed E-state index contributed by atoms with van der Waals surface area (Å²) in [5.41, 5.74) is 0. The minimum absolute atomic E-state index is 0.201. The van der Waals surface area contributed by atoms with Crippen molar-refractivity contribution in [2.24, 2.45) is 11.8 Å². The van der Waals surface area contributed by atoms with Crippen LogP contribution in [0.5, 0.6) is 0 Å². The second-order valence-corrected chi connectivity index (χ2v) is 5.80. The molecule has 0 spiro atoms. The number of carboxylic acids is 1. The van der Waals surface area contributed by atoms with Crippen LogP contribution in [0.15, 0.2) is 0 Å². The molecule has 4 nitrogen and oxygen atoms in total. The molecule has 0 amide bonds. The maximum Gasteiger partial charge on any atom is 0.306 e. The zero-order valence-corrected chi connectivity index (χ0v) is 11.5. The Bertz CT molecular complexity index is 287. The summed E-state index contributed by atoms with van der Waals surface area (Å²) in [5.74, 6) is -0.516. The number of rotatable bonds is 5. The molecule has 2 aliphatic rings. The predicted octanol–water partition coefficient (Wildman–Crippen LogP) is 1.99. The van der Waals surface area contributed by atoms with Gasteiger partial charge in [-0.25, -0.2) is 0 Å². The Balaban J connectivity index is 1.76. The summed E-state index contributed by atoms with van der Waals surface area (Å²) >= 11 is 0. The molecule has 2 saturated heterocycles. The van der Waals surface area contributed by atoms with E-state index >= 15 is 0 Å². The molecule has 1 N–H and O–H groups in total. The summed E-state index contributed by atoms with van der Waals surface area (Å²) in [5, 5.41) is 8.99. The van der Waals surface area contributed by atoms with E-state index in [0.717, 1.165) is 39.0 Å². The van der Waals surface area contributed by atoms with Gasteiger partial charge in [0.05, 0.1) is 12.0 Å². The van der Waals surface area contributed by atoms with Crippen LogP contribution in [0.25, 0.3) is 0 Å². The van der Waals surface area contributed by atoms with E-state index in [1.165, 1.54) is 6.42 Å². The fraction of sp³-hybridized carbons (Fsp3) is 0.929. The van der Waals surface area contributed by atoms with Gasteiger partial charge in [-0.15, -0.1) is 0 Å². The molecule has 0 aromatic carbocycles. The van der Waals surface area contributed by atoms with Crippen LogP contribution in [0, 0.1) is 11.8 Å². The first kappa shape index (κ1) is 13.8. The molecule has 0 aliphatic carbocycles. The molecule has 2 rings (SSSR count). The maximum absolute atomic E-state index is 10.9. The second kappa shape index (κ2) is 6.02. The normalized spacial score (nSPS) is 31.9. The molecular weight excluding hydrogens is 230 g/mol. The van der Waals surface area contributed by atoms with E-state index in [2.05, 4.69) is 11.8 Å². The zero-order valence-electron chi connectivity index (χ0n) is 11.5. The van der Waals surface area contributed by atoms with Crippen molar-refractivity contribution in [1.29, 1.82) is 0 Å². The minimum Gasteiger partial charge on any atom is -0.481 e. The van der Waals surface area contributed by atoms with Crippen LogP contribution in [0.4, 0.5) is 0 Å². The van der Waals surface area contributed by atoms with Crippen molar-refractivity contribution in [3.8, 4) is 0 Å². The van der Waals surface area contributed by atoms with Crippen LogP contribution in [-0.4, -0.2) is 47.8 Å². The Labute approximate surface area is 109 Å². The lowest BCUT2D eigenvalue weighted by atomic mass is 9.84. The summed E-state index contributed by atoms with van der Waals surface area (Å²) in [6, 6.07) is 0.618. The first-order chi connectivity index (χ1) is 8.61. The van der Waals surface area contributed by atoms with Gasteiger partial charge in [0, 0.05) is 25.7 Å². The van der Waals surface area contributed by atoms with Crippen LogP contribution in [0.3, 0.4) is 0 Å². The molecule has 4 heteroatoms. The van der Waals surface area contributed by atoms with Crippen LogP contribution in [0.1, 0.15) is 39.5 Å². The Morgan fingerprint density at radius 3 is 2.83 bits per heavy atom. The highest BCUT2D eigenvalue weighted by molar-refractivity contribution is 5.70. The third-order valence-electron chi connectivity index (χ3n) is 4.50. The van der Waals surface area contributed by atoms with Gasteiger partial charge in [-0.2, -0.15) is 0 Å². The number of carboxylic acid groups (broad SMARTS) is 1. The number of carbonyl (C=O) groups is 1. The van der Waals surface area contributed by atoms with Crippen LogP contribution in [-0.2, 0) is 9.53 Å². The molecule has 2 heterocycles. The average Bonchev–Trinajstić information content (AvgIpc) is 2.27. The number of hydrogen-bond donors (Lipinski definition) is 1. The fourth-order valence-electron chi connectivity index (χ4n) is 3.08. The second-order valence-electron chi connectivity index (χ2n) is 5.80. The first-order valence-corrected chi connectivity index (χ1v) is 7.20. The fourth-order valence-corrected chi connectivity index (χ4v) is 3.08. The van der Waals surface area contributed by atoms with E-state index < -0.39 is 5.97 Å². The van der Waals surface area contributed by atoms with Crippen molar-refractivity contribution < 1.29 is 14.6 Å². The topological polar surface area (TPSA) is 49.8 Å². The summed E-state index contributed by atoms with van der Waals surface area (Å²) in [4.78, 5) is 13.4. The van der Waals surface area contributed by atoms with Gasteiger partial charge in [-0.3, -0.25) is 9.69 Å². The minimum atomic E-state index is -0.657. The molecule has 0 saturated carbocycles. The molecule has 104 valence electrons. The van der Waals surface area contributed by atoms with Gasteiger partial charge in [-0.05, 0) is 25.2 Å². The van der Waals surface area contributed by atoms with Gasteiger partial charge >= 0.3 is 5.97 Å². The molecule has 3 atom stereocenters. The smallest absolute Gasteiger partial charge is 0.306 e. The largest absolute Gasteiger partial charge is 0.481 e. The van der Waals surface area contributed by atoms with Gasteiger partial charge in [0.25, 0.3) is 0 Å². The number of nitrogens with zero attached hydrogens (tertiary/aromatic N) is 1. The van der Waals surface area contributed by atoms with Gasteiger partial charge in [0.2, 0.25) is 0 Å². The van der Waals surface area contributed by atoms with Crippen molar-refractivity contribution in [1.82, 2.24) is 4.90 Å². The van der Waals surface area contributed by atoms with E-state index in [1.807, 2.05) is 6.92 Å². The highest BCUT2D eigenvalue weighted by Gasteiger charge is 2.39. The number of hydrogen-bond acceptors (Lipinski definition) is 3. The summed E-state index contributed by atoms with van der Waals surface area (Å²) in [6.07, 6.45) is 4.98. The maximum atomic E-state index is 10.9. The molecule has 2 aliphatic heterocycles. The summed E-state index contributed by atoms with van der Waals surface area (Å²) < 4.78 is 5.76. The number of likely N-dealkylation sites (tertiary alicyclic amines) is 1. The molecule has 0 aromatic rings. The molecule has 0 aromatic heterocycles. The standard InChI is InChI=1S/C14H25NO3/c1-3-4-13-7-12(5-6-18-13)15-8-11(9-15)10(2)14(16)17/h10-13H,3-9H2,1-2H3,(H,16,17). The van der Waals surface area contributed by atoms with Gasteiger partial charge < -0.3 is 9.84 Å². The van der Waals surface area contributed by atoms with E-state index in [-0.39, 0.29) is 5.92 Å². The molecular formula is C14H25NO3. The Kier molecular flexibility index (Phi) is 4.62. The summed E-state index contributed by atoms with van der Waals surface area (Å²) in [6.45, 7) is 6.80. The third kappa shape index (κ3) is 3.04. The Hall–Kier alpha value is -0.610. The van der Waals surface area contributed by atoms with E-state index in [9.17, 15) is 4.79 Å². The van der Waals surface area contributed by atoms with Gasteiger partial charge in [-0.1, -0.05) is 20.3 Å². The van der Waals surface area contributed by atoms with E-state index in [0.29, 0.717) is 18.1 Å². The lowest BCUT2D eigenvalue weighted by Crippen LogP contribution is -2.57. The zero-order chi connectivity index (χ0) is 13.1. The van der Waals surface area contributed by atoms with Crippen LogP contribution >= 0.6 is 0 Å². The average molecular weight is 255 g/mol. The highest BCUT2D eigenvalue weighted by atomic mass is 16.5. The van der Waals surface area contributed by atoms with Gasteiger partial charge in [0.1, 0.15) is 0 Å². The number of ether oxygens (including phenoxy) is 1. The Morgan fingerprint density at radius 2 is 2.22 bits per heavy atom. The van der Waals surface area contributed by atoms with Crippen molar-refractivity contribution in [2.75, 3.05) is 19.7 Å². The molecule has 0 radical (unpaired) electrons. The monoisotopic (exact) mass is 255 g/mol. The third-order valence-corrected chi connectivity index (χ3v) is 4.50. The van der Waals surface area contributed by atoms with E-state index in [1.54, 1.807) is 0 Å². The predicted molar refractivity (Wildman–Crippen MR) is 69.5 cm³/mol. The van der Waals surface area contributed by atoms with Crippen molar-refractivity contribution in [3.63, 3.8) is 0 Å². The van der Waals surface area contributed by atoms with Crippen molar-refractivity contribution in [3.05, 3.63) is 0 Å².